The van der Waals surface area contributed by atoms with E-state index in [1.165, 1.54) is 32.7 Å². The molecule has 4 aliphatic carbocycles. The normalized spacial score (nSPS) is 29.2. The molecule has 9 unspecified atom stereocenters. The smallest absolute Gasteiger partial charge is 0.238 e. The minimum absolute atomic E-state index is 0.0343. The first-order valence-electron chi connectivity index (χ1n) is 20.7. The third-order valence-corrected chi connectivity index (χ3v) is 14.3. The Bertz CT molecular complexity index is 2390. The molecule has 0 spiro atoms. The number of allylic oxidation sites excluding steroid dienone is 4. The number of hydrogen-bond donors (Lipinski definition) is 1. The second-order valence-corrected chi connectivity index (χ2v) is 17.1. The van der Waals surface area contributed by atoms with Crippen LogP contribution in [0, 0.1) is 47.3 Å². The van der Waals surface area contributed by atoms with Crippen LogP contribution in [0.15, 0.2) is 122 Å². The van der Waals surface area contributed by atoms with Crippen molar-refractivity contribution in [2.45, 2.75) is 51.7 Å². The van der Waals surface area contributed by atoms with Crippen LogP contribution in [0.25, 0.3) is 17.7 Å². The second-order valence-electron chi connectivity index (χ2n) is 17.1. The summed E-state index contributed by atoms with van der Waals surface area (Å²) in [7, 11) is 0. The van der Waals surface area contributed by atoms with E-state index in [1.807, 2.05) is 60.7 Å². The number of aliphatic hydroxyl groups excluding tert-OH is 1. The fourth-order valence-electron chi connectivity index (χ4n) is 11.6. The van der Waals surface area contributed by atoms with Gasteiger partial charge in [0.05, 0.1) is 23.4 Å². The van der Waals surface area contributed by atoms with Gasteiger partial charge in [0.25, 0.3) is 0 Å². The predicted octanol–water partition coefficient (Wildman–Crippen LogP) is 9.07. The first-order chi connectivity index (χ1) is 27.8. The number of anilines is 2. The lowest BCUT2D eigenvalue weighted by Crippen LogP contribution is -2.36. The summed E-state index contributed by atoms with van der Waals surface area (Å²) in [6.07, 6.45) is 12.8. The van der Waals surface area contributed by atoms with Gasteiger partial charge in [-0.15, -0.1) is 0 Å². The molecular formula is C51H48N2O4. The lowest BCUT2D eigenvalue weighted by molar-refractivity contribution is -0.123. The maximum atomic E-state index is 14.0. The molecule has 4 bridgehead atoms. The second kappa shape index (κ2) is 13.8. The molecule has 3 amide bonds. The summed E-state index contributed by atoms with van der Waals surface area (Å²) >= 11 is 0. The first-order valence-corrected chi connectivity index (χ1v) is 20.7. The van der Waals surface area contributed by atoms with Crippen molar-refractivity contribution in [3.63, 3.8) is 0 Å². The van der Waals surface area contributed by atoms with Crippen molar-refractivity contribution in [3.8, 4) is 0 Å². The average molecular weight is 753 g/mol. The topological polar surface area (TPSA) is 77.9 Å². The Morgan fingerprint density at radius 3 is 1.98 bits per heavy atom. The van der Waals surface area contributed by atoms with E-state index in [2.05, 4.69) is 74.7 Å². The Balaban J connectivity index is 0.787. The molecule has 2 aliphatic heterocycles. The molecule has 4 aromatic rings. The highest BCUT2D eigenvalue weighted by molar-refractivity contribution is 6.23. The molecule has 4 aromatic carbocycles. The number of benzene rings is 4. The van der Waals surface area contributed by atoms with Gasteiger partial charge in [-0.3, -0.25) is 24.2 Å². The van der Waals surface area contributed by atoms with Crippen LogP contribution in [-0.2, 0) is 33.6 Å². The third kappa shape index (κ3) is 5.66. The zero-order chi connectivity index (χ0) is 39.1. The van der Waals surface area contributed by atoms with E-state index in [-0.39, 0.29) is 65.1 Å². The lowest BCUT2D eigenvalue weighted by Gasteiger charge is -2.25. The van der Waals surface area contributed by atoms with Crippen molar-refractivity contribution in [3.05, 3.63) is 161 Å². The van der Waals surface area contributed by atoms with Gasteiger partial charge in [0.1, 0.15) is 6.23 Å². The van der Waals surface area contributed by atoms with E-state index in [4.69, 9.17) is 0 Å². The average Bonchev–Trinajstić information content (AvgIpc) is 4.09. The van der Waals surface area contributed by atoms with Crippen molar-refractivity contribution in [2.24, 2.45) is 47.3 Å². The molecule has 10 rings (SSSR count). The van der Waals surface area contributed by atoms with Crippen LogP contribution in [0.1, 0.15) is 65.1 Å². The number of aliphatic hydroxyl groups is 1. The maximum absolute atomic E-state index is 14.0. The highest BCUT2D eigenvalue weighted by Gasteiger charge is 2.62. The van der Waals surface area contributed by atoms with Crippen molar-refractivity contribution in [1.29, 1.82) is 0 Å². The molecule has 0 radical (unpaired) electrons. The molecule has 6 aliphatic rings. The van der Waals surface area contributed by atoms with Crippen molar-refractivity contribution >= 4 is 46.8 Å². The maximum Gasteiger partial charge on any atom is 0.238 e. The number of imide groups is 1. The minimum Gasteiger partial charge on any atom is -0.373 e. The first kappa shape index (κ1) is 35.8. The van der Waals surface area contributed by atoms with Crippen molar-refractivity contribution in [1.82, 2.24) is 0 Å². The van der Waals surface area contributed by atoms with Gasteiger partial charge in [-0.05, 0) is 137 Å². The van der Waals surface area contributed by atoms with Gasteiger partial charge in [0, 0.05) is 11.6 Å². The number of carbonyl (C=O) groups is 3. The van der Waals surface area contributed by atoms with Crippen LogP contribution in [-0.4, -0.2) is 29.1 Å². The molecule has 2 heterocycles. The summed E-state index contributed by atoms with van der Waals surface area (Å²) < 4.78 is 0. The van der Waals surface area contributed by atoms with Gasteiger partial charge in [-0.2, -0.15) is 0 Å². The molecule has 4 fully saturated rings. The van der Waals surface area contributed by atoms with Gasteiger partial charge in [0.15, 0.2) is 0 Å². The zero-order valence-electron chi connectivity index (χ0n) is 32.4. The molecular weight excluding hydrogens is 705 g/mol. The van der Waals surface area contributed by atoms with Crippen LogP contribution in [0.2, 0.25) is 0 Å². The monoisotopic (exact) mass is 752 g/mol. The van der Waals surface area contributed by atoms with Gasteiger partial charge < -0.3 is 5.11 Å². The molecule has 286 valence electrons. The number of rotatable bonds is 11. The number of hydrogen-bond acceptors (Lipinski definition) is 4. The number of aryl methyl sites for hydroxylation is 2. The third-order valence-electron chi connectivity index (χ3n) is 14.3. The number of fused-ring (bicyclic) bond motifs is 10. The molecule has 6 nitrogen and oxygen atoms in total. The molecule has 1 N–H and O–H groups in total. The Labute approximate surface area is 334 Å². The largest absolute Gasteiger partial charge is 0.373 e. The zero-order valence-corrected chi connectivity index (χ0v) is 32.4. The molecule has 6 heteroatoms. The highest BCUT2D eigenvalue weighted by Crippen LogP contribution is 2.60. The highest BCUT2D eigenvalue weighted by atomic mass is 16.3. The fraction of sp³-hybridized carbons (Fsp3) is 0.314. The Morgan fingerprint density at radius 1 is 0.667 bits per heavy atom. The van der Waals surface area contributed by atoms with Crippen molar-refractivity contribution < 1.29 is 19.5 Å². The molecule has 2 saturated carbocycles. The Morgan fingerprint density at radius 2 is 1.30 bits per heavy atom. The van der Waals surface area contributed by atoms with Gasteiger partial charge in [-0.1, -0.05) is 111 Å². The van der Waals surface area contributed by atoms with Gasteiger partial charge in [-0.25, -0.2) is 0 Å². The SMILES string of the molecule is C=Cc1ccc(CCC2=CC3CC2C2C(=O)N(c4ccc(Cc5ccc(N6C(=O)C7C8C=C(c9cc(C=C)ccc9CC)C(C8)C7C6=O)cc5)cc4)C(O)C32)cc1. The molecule has 9 atom stereocenters. The van der Waals surface area contributed by atoms with Crippen LogP contribution >= 0.6 is 0 Å². The predicted molar refractivity (Wildman–Crippen MR) is 226 cm³/mol. The summed E-state index contributed by atoms with van der Waals surface area (Å²) in [4.78, 5) is 44.9. The van der Waals surface area contributed by atoms with Crippen LogP contribution in [0.5, 0.6) is 0 Å². The quantitative estimate of drug-likeness (QED) is 0.123. The van der Waals surface area contributed by atoms with Crippen LogP contribution < -0.4 is 9.80 Å². The number of carbonyl (C=O) groups excluding carboxylic acids is 3. The summed E-state index contributed by atoms with van der Waals surface area (Å²) in [5.74, 6) is -0.424. The summed E-state index contributed by atoms with van der Waals surface area (Å²) in [5.41, 5.74) is 12.0. The summed E-state index contributed by atoms with van der Waals surface area (Å²) in [6, 6.07) is 30.7. The van der Waals surface area contributed by atoms with E-state index in [0.29, 0.717) is 12.1 Å². The fourth-order valence-corrected chi connectivity index (χ4v) is 11.6. The van der Waals surface area contributed by atoms with Crippen molar-refractivity contribution in [2.75, 3.05) is 9.80 Å². The molecule has 0 aromatic heterocycles. The Kier molecular flexibility index (Phi) is 8.67. The Hall–Kier alpha value is -5.59. The number of amides is 3. The standard InChI is InChI=1S/C51H48N2O4/c1-4-29-7-9-31(10-8-29)12-18-35-25-36-26-41(35)46-44(36)48(54)52(50(46)56)38-19-13-32(14-20-38)23-33-15-21-39(22-16-33)53-49(55)45-37-27-42(43(28-37)47(45)51(53)57)40-24-30(5-2)11-17-34(40)6-3/h4-5,7-11,13-17,19-22,24-25,27,36-37,41,43-48,54H,1-2,6,12,18,23,26,28H2,3H3. The van der Waals surface area contributed by atoms with E-state index in [0.717, 1.165) is 60.0 Å². The van der Waals surface area contributed by atoms with E-state index in [1.54, 1.807) is 4.90 Å². The van der Waals surface area contributed by atoms with E-state index >= 15 is 0 Å². The van der Waals surface area contributed by atoms with Gasteiger partial charge >= 0.3 is 0 Å². The molecule has 57 heavy (non-hydrogen) atoms. The molecule has 2 saturated heterocycles. The lowest BCUT2D eigenvalue weighted by atomic mass is 9.77. The summed E-state index contributed by atoms with van der Waals surface area (Å²) in [6.45, 7) is 9.95. The van der Waals surface area contributed by atoms with Gasteiger partial charge in [0.2, 0.25) is 17.7 Å². The van der Waals surface area contributed by atoms with E-state index < -0.39 is 6.23 Å². The summed E-state index contributed by atoms with van der Waals surface area (Å²) in [5, 5.41) is 11.5. The number of nitrogens with zero attached hydrogens (tertiary/aromatic N) is 2. The van der Waals surface area contributed by atoms with Crippen LogP contribution in [0.3, 0.4) is 0 Å². The minimum atomic E-state index is -0.828. The van der Waals surface area contributed by atoms with E-state index in [9.17, 15) is 19.5 Å². The van der Waals surface area contributed by atoms with Crippen LogP contribution in [0.4, 0.5) is 11.4 Å².